The Morgan fingerprint density at radius 2 is 0.649 bits per heavy atom. The molecule has 12 aliphatic heterocycles. The molecule has 8 N–H and O–H groups in total. The molecule has 692 valence electrons. The number of pyridine rings is 4. The third kappa shape index (κ3) is 22.4. The molecule has 4 aromatic carbocycles. The molecule has 4 atom stereocenters. The number of anilines is 12. The molecule has 8 fully saturated rings. The zero-order valence-electron chi connectivity index (χ0n) is 75.4. The minimum absolute atomic E-state index is 0.0282. The second-order valence-corrected chi connectivity index (χ2v) is 35.1. The Balaban J connectivity index is 0.000000123. The van der Waals surface area contributed by atoms with E-state index in [2.05, 4.69) is 109 Å². The number of carboxylic acids is 1. The average molecular weight is 1790 g/mol. The highest BCUT2D eigenvalue weighted by Crippen LogP contribution is 2.40. The van der Waals surface area contributed by atoms with Crippen molar-refractivity contribution in [2.45, 2.75) is 148 Å². The Bertz CT molecular complexity index is 5150. The van der Waals surface area contributed by atoms with Crippen LogP contribution in [0.1, 0.15) is 162 Å². The minimum Gasteiger partial charge on any atom is -0.478 e. The molecule has 0 bridgehead atoms. The minimum atomic E-state index is -0.901. The quantitative estimate of drug-likeness (QED) is 0.0370. The predicted molar refractivity (Wildman–Crippen MR) is 508 cm³/mol. The maximum atomic E-state index is 12.5. The summed E-state index contributed by atoms with van der Waals surface area (Å²) in [5, 5.41) is 36.4. The summed E-state index contributed by atoms with van der Waals surface area (Å²) in [5.41, 5.74) is 14.0. The number of amides is 5. The first-order valence-electron chi connectivity index (χ1n) is 46.9. The molecule has 131 heavy (non-hydrogen) atoms. The number of nitrogens with zero attached hydrogens (tertiary/aromatic N) is 15. The van der Waals surface area contributed by atoms with Crippen LogP contribution >= 0.6 is 0 Å². The van der Waals surface area contributed by atoms with Crippen LogP contribution in [0, 0.1) is 0 Å². The number of carbonyl (C=O) groups is 8. The fraction of sp³-hybridized carbons (Fsp3) is 0.469. The number of rotatable bonds is 18. The molecule has 33 heteroatoms. The summed E-state index contributed by atoms with van der Waals surface area (Å²) in [6.07, 6.45) is 20.0. The monoisotopic (exact) mass is 1790 g/mol. The molecule has 4 aromatic heterocycles. The van der Waals surface area contributed by atoms with Gasteiger partial charge in [-0.3, -0.25) is 38.7 Å². The van der Waals surface area contributed by atoms with Gasteiger partial charge in [-0.2, -0.15) is 0 Å². The fourth-order valence-electron chi connectivity index (χ4n) is 19.5. The number of piperidine rings is 4. The number of fused-ring (bicyclic) bond motifs is 12. The molecule has 0 spiro atoms. The van der Waals surface area contributed by atoms with Gasteiger partial charge in [-0.1, -0.05) is 0 Å². The number of esters is 2. The molecule has 0 aliphatic carbocycles. The number of aliphatic hydroxyl groups excluding tert-OH is 1. The van der Waals surface area contributed by atoms with Gasteiger partial charge in [-0.25, -0.2) is 34.3 Å². The van der Waals surface area contributed by atoms with Crippen molar-refractivity contribution < 1.29 is 58.0 Å². The lowest BCUT2D eigenvalue weighted by Gasteiger charge is -2.40. The lowest BCUT2D eigenvalue weighted by atomic mass is 9.99. The first kappa shape index (κ1) is 91.7. The number of ether oxygens (including phenoxy) is 2. The number of hydrogen-bond donors (Lipinski definition) is 8. The second kappa shape index (κ2) is 43.4. The Labute approximate surface area is 765 Å². The Morgan fingerprint density at radius 3 is 0.939 bits per heavy atom. The van der Waals surface area contributed by atoms with E-state index >= 15 is 0 Å². The van der Waals surface area contributed by atoms with Crippen molar-refractivity contribution in [1.29, 1.82) is 0 Å². The zero-order chi connectivity index (χ0) is 90.9. The van der Waals surface area contributed by atoms with Crippen LogP contribution in [0.25, 0.3) is 0 Å². The van der Waals surface area contributed by atoms with Crippen LogP contribution < -0.4 is 71.1 Å². The molecule has 16 heterocycles. The fourth-order valence-corrected chi connectivity index (χ4v) is 19.5. The highest BCUT2D eigenvalue weighted by atomic mass is 16.5. The highest BCUT2D eigenvalue weighted by molar-refractivity contribution is 6.06. The molecular formula is C98H123N21O12. The summed E-state index contributed by atoms with van der Waals surface area (Å²) in [7, 11) is 0. The smallest absolute Gasteiger partial charge is 0.338 e. The van der Waals surface area contributed by atoms with Crippen molar-refractivity contribution in [3.63, 3.8) is 0 Å². The standard InChI is InChI=1S/C25H32N6O2.C25H31N5O3.C23H27N5O3.C13H18N2O2.C12H15N3O2/c1-2-26-24(32)19-6-8-20(9-7-19)30-13-11-29(12-14-30)17-18-15-21-23(27-16-18)31-10-4-3-5-22(31)25(33)28-21;1-2-33-25(32)19-6-8-20(9-7-19)29-13-11-28(12-14-29)17-18-15-21-23(26-16-18)30-10-4-3-5-22(30)24(31)27-21;29-22-20-3-1-2-8-28(20)21-19(25-22)13-16(14-24-21)15-26-9-11-27(12-10-26)18-6-4-17(5-7-18)23(30)31;1-2-17-13(16)11-3-5-12(6-4-11)15-9-7-14-8-10-15;16-7-8-5-9-11(13-6-8)15-4-2-1-3-10(15)12(17)14-9/h6-9,15-16,22H,2-5,10-14,17H2,1H3,(H,26,32)(H,28,33);6-9,15-16,22H,2-5,10-14,17H2,1H3,(H,27,31);4-7,13-14,20H,1-3,8-12,15H2,(H,25,29)(H,30,31);3-6,14H,2,7-10H2,1H3;5-6,10,16H,1-4,7H2,(H,14,17)/t2*22-;20-;;10-/m000.0/s1. The van der Waals surface area contributed by atoms with E-state index in [1.165, 1.54) is 5.69 Å². The highest BCUT2D eigenvalue weighted by Gasteiger charge is 2.41. The summed E-state index contributed by atoms with van der Waals surface area (Å²) in [6, 6.07) is 38.0. The van der Waals surface area contributed by atoms with Crippen molar-refractivity contribution in [3.05, 3.63) is 191 Å². The van der Waals surface area contributed by atoms with Crippen LogP contribution in [-0.4, -0.2) is 267 Å². The van der Waals surface area contributed by atoms with Gasteiger partial charge in [0.15, 0.2) is 23.3 Å². The normalized spacial score (nSPS) is 20.4. The zero-order valence-corrected chi connectivity index (χ0v) is 75.4. The van der Waals surface area contributed by atoms with E-state index in [0.29, 0.717) is 42.0 Å². The summed E-state index contributed by atoms with van der Waals surface area (Å²) in [6.45, 7) is 28.1. The number of benzene rings is 4. The van der Waals surface area contributed by atoms with E-state index in [0.717, 1.165) is 313 Å². The predicted octanol–water partition coefficient (Wildman–Crippen LogP) is 9.93. The molecule has 33 nitrogen and oxygen atoms in total. The van der Waals surface area contributed by atoms with Crippen LogP contribution in [0.4, 0.5) is 68.8 Å². The number of piperazine rings is 4. The van der Waals surface area contributed by atoms with Gasteiger partial charge < -0.3 is 90.8 Å². The van der Waals surface area contributed by atoms with E-state index in [9.17, 15) is 38.4 Å². The number of nitrogens with one attached hydrogen (secondary N) is 6. The first-order valence-corrected chi connectivity index (χ1v) is 46.9. The number of aliphatic hydroxyl groups is 1. The molecule has 8 aromatic rings. The Morgan fingerprint density at radius 1 is 0.366 bits per heavy atom. The first-order chi connectivity index (χ1) is 63.9. The van der Waals surface area contributed by atoms with Crippen LogP contribution in [0.3, 0.4) is 0 Å². The molecule has 20 rings (SSSR count). The second-order valence-electron chi connectivity index (χ2n) is 35.1. The van der Waals surface area contributed by atoms with Crippen molar-refractivity contribution in [1.82, 2.24) is 45.3 Å². The summed E-state index contributed by atoms with van der Waals surface area (Å²) >= 11 is 0. The maximum Gasteiger partial charge on any atom is 0.338 e. The van der Waals surface area contributed by atoms with E-state index in [4.69, 9.17) is 34.6 Å². The van der Waals surface area contributed by atoms with E-state index in [1.54, 1.807) is 24.4 Å². The van der Waals surface area contributed by atoms with Gasteiger partial charge in [0.05, 0.1) is 59.3 Å². The van der Waals surface area contributed by atoms with Crippen LogP contribution in [0.15, 0.2) is 146 Å². The number of carboxylic acid groups (broad SMARTS) is 1. The summed E-state index contributed by atoms with van der Waals surface area (Å²) in [4.78, 5) is 140. The summed E-state index contributed by atoms with van der Waals surface area (Å²) < 4.78 is 10.0. The molecule has 8 saturated heterocycles. The molecule has 0 saturated carbocycles. The van der Waals surface area contributed by atoms with Gasteiger partial charge in [-0.15, -0.1) is 0 Å². The maximum absolute atomic E-state index is 12.5. The SMILES string of the molecule is CCNC(=O)c1ccc(N2CCN(Cc3cnc4c(c3)NC(=O)[C@@H]3CCCCN43)CC2)cc1.CCOC(=O)c1ccc(N2CCN(Cc3cnc4c(c3)NC(=O)[C@@H]3CCCCN43)CC2)cc1.CCOC(=O)c1ccc(N2CCNCC2)cc1.O=C(O)c1ccc(N2CCN(Cc3cnc4c(c3)NC(=O)[C@@H]3CCCCN43)CC2)cc1.O=C1Nc2cc(CO)cnc2N2CCCC[C@@H]12. The Hall–Kier alpha value is -12.6. The lowest BCUT2D eigenvalue weighted by molar-refractivity contribution is -0.118. The summed E-state index contributed by atoms with van der Waals surface area (Å²) in [5.74, 6) is 2.47. The molecule has 0 unspecified atom stereocenters. The van der Waals surface area contributed by atoms with E-state index in [-0.39, 0.29) is 72.2 Å². The van der Waals surface area contributed by atoms with Crippen LogP contribution in [0.2, 0.25) is 0 Å². The average Bonchev–Trinajstić information content (AvgIpc) is 0.784. The van der Waals surface area contributed by atoms with E-state index in [1.807, 2.05) is 124 Å². The van der Waals surface area contributed by atoms with Gasteiger partial charge in [0.2, 0.25) is 23.6 Å². The van der Waals surface area contributed by atoms with Gasteiger partial charge in [0, 0.05) is 210 Å². The molecule has 5 amide bonds. The lowest BCUT2D eigenvalue weighted by Crippen LogP contribution is -2.51. The van der Waals surface area contributed by atoms with Gasteiger partial charge >= 0.3 is 17.9 Å². The Kier molecular flexibility index (Phi) is 30.4. The van der Waals surface area contributed by atoms with Gasteiger partial charge in [0.1, 0.15) is 24.2 Å². The number of aromatic carboxylic acids is 1. The third-order valence-corrected chi connectivity index (χ3v) is 26.5. The van der Waals surface area contributed by atoms with Crippen LogP contribution in [-0.2, 0) is 54.9 Å². The van der Waals surface area contributed by atoms with Crippen molar-refractivity contribution >= 4 is 116 Å². The van der Waals surface area contributed by atoms with Crippen LogP contribution in [0.5, 0.6) is 0 Å². The largest absolute Gasteiger partial charge is 0.478 e. The molecule has 12 aliphatic rings. The van der Waals surface area contributed by atoms with Crippen molar-refractivity contribution in [2.24, 2.45) is 0 Å². The molecular weight excluding hydrogens is 1660 g/mol. The number of hydrogen-bond acceptors (Lipinski definition) is 27. The van der Waals surface area contributed by atoms with Crippen molar-refractivity contribution in [2.75, 3.05) is 211 Å². The topological polar surface area (TPSA) is 355 Å². The number of carbonyl (C=O) groups excluding carboxylic acids is 7. The van der Waals surface area contributed by atoms with Gasteiger partial charge in [0.25, 0.3) is 5.91 Å². The molecule has 0 radical (unpaired) electrons. The third-order valence-electron chi connectivity index (χ3n) is 26.5. The van der Waals surface area contributed by atoms with Gasteiger partial charge in [-0.05, 0) is 241 Å². The van der Waals surface area contributed by atoms with Crippen molar-refractivity contribution in [3.8, 4) is 0 Å². The van der Waals surface area contributed by atoms with E-state index < -0.39 is 5.97 Å². The number of aromatic nitrogens is 4.